The average Bonchev–Trinajstić information content (AvgIpc) is 2.88. The SMILES string of the molecule is C1CCNCC1.CC.Cc1cc(C(F)F)cc(C)c1-n1cnc(N)c(C(=O)Nc2cccnc2)c1=O. The van der Waals surface area contributed by atoms with Gasteiger partial charge in [-0.2, -0.15) is 0 Å². The van der Waals surface area contributed by atoms with Crippen molar-refractivity contribution in [1.82, 2.24) is 19.9 Å². The Morgan fingerprint density at radius 1 is 1.14 bits per heavy atom. The Labute approximate surface area is 210 Å². The molecule has 194 valence electrons. The molecule has 4 rings (SSSR count). The predicted octanol–water partition coefficient (Wildman–Crippen LogP) is 4.80. The number of nitrogens with zero attached hydrogens (tertiary/aromatic N) is 3. The normalized spacial score (nSPS) is 12.6. The molecule has 36 heavy (non-hydrogen) atoms. The number of nitrogens with two attached hydrogens (primary N) is 1. The largest absolute Gasteiger partial charge is 0.383 e. The number of alkyl halides is 2. The molecular weight excluding hydrogens is 466 g/mol. The van der Waals surface area contributed by atoms with Gasteiger partial charge in [0.15, 0.2) is 0 Å². The first-order chi connectivity index (χ1) is 17.3. The summed E-state index contributed by atoms with van der Waals surface area (Å²) in [5, 5.41) is 5.82. The molecule has 2 aromatic heterocycles. The van der Waals surface area contributed by atoms with Crippen molar-refractivity contribution in [3.05, 3.63) is 75.6 Å². The van der Waals surface area contributed by atoms with Gasteiger partial charge in [-0.3, -0.25) is 19.1 Å². The molecule has 1 aromatic carbocycles. The number of aromatic nitrogens is 3. The van der Waals surface area contributed by atoms with E-state index in [1.165, 1.54) is 63.2 Å². The molecule has 0 saturated carbocycles. The molecule has 1 amide bonds. The summed E-state index contributed by atoms with van der Waals surface area (Å²) in [7, 11) is 0. The summed E-state index contributed by atoms with van der Waals surface area (Å²) < 4.78 is 27.2. The van der Waals surface area contributed by atoms with E-state index in [1.54, 1.807) is 26.0 Å². The number of nitrogen functional groups attached to an aromatic ring is 1. The summed E-state index contributed by atoms with van der Waals surface area (Å²) in [6.45, 7) is 9.71. The van der Waals surface area contributed by atoms with Gasteiger partial charge in [0, 0.05) is 11.8 Å². The van der Waals surface area contributed by atoms with Gasteiger partial charge in [-0.25, -0.2) is 13.8 Å². The smallest absolute Gasteiger partial charge is 0.272 e. The van der Waals surface area contributed by atoms with E-state index >= 15 is 0 Å². The summed E-state index contributed by atoms with van der Waals surface area (Å²) in [5.74, 6) is -0.973. The van der Waals surface area contributed by atoms with E-state index < -0.39 is 17.9 Å². The van der Waals surface area contributed by atoms with Crippen LogP contribution in [-0.4, -0.2) is 33.5 Å². The number of hydrogen-bond acceptors (Lipinski definition) is 6. The predicted molar refractivity (Wildman–Crippen MR) is 139 cm³/mol. The highest BCUT2D eigenvalue weighted by atomic mass is 19.3. The Morgan fingerprint density at radius 2 is 1.78 bits per heavy atom. The Balaban J connectivity index is 0.000000491. The fourth-order valence-corrected chi connectivity index (χ4v) is 3.77. The Bertz CT molecular complexity index is 1160. The first-order valence-corrected chi connectivity index (χ1v) is 12.0. The topological polar surface area (TPSA) is 115 Å². The highest BCUT2D eigenvalue weighted by molar-refractivity contribution is 6.06. The van der Waals surface area contributed by atoms with Crippen LogP contribution in [0.5, 0.6) is 0 Å². The molecule has 1 fully saturated rings. The van der Waals surface area contributed by atoms with Crippen molar-refractivity contribution in [3.63, 3.8) is 0 Å². The summed E-state index contributed by atoms with van der Waals surface area (Å²) in [6.07, 6.45) is 5.72. The van der Waals surface area contributed by atoms with Crippen LogP contribution in [0, 0.1) is 13.8 Å². The fourth-order valence-electron chi connectivity index (χ4n) is 3.77. The quantitative estimate of drug-likeness (QED) is 0.474. The molecule has 4 N–H and O–H groups in total. The van der Waals surface area contributed by atoms with Crippen LogP contribution in [-0.2, 0) is 0 Å². The number of halogens is 2. The molecule has 0 bridgehead atoms. The van der Waals surface area contributed by atoms with Crippen LogP contribution in [0.1, 0.15) is 66.6 Å². The molecule has 3 aromatic rings. The molecule has 1 aliphatic rings. The molecule has 1 aliphatic heterocycles. The van der Waals surface area contributed by atoms with Gasteiger partial charge in [0.1, 0.15) is 17.7 Å². The second-order valence-corrected chi connectivity index (χ2v) is 7.99. The van der Waals surface area contributed by atoms with Gasteiger partial charge in [-0.1, -0.05) is 20.3 Å². The highest BCUT2D eigenvalue weighted by Gasteiger charge is 2.21. The Hall–Kier alpha value is -3.66. The zero-order valence-electron chi connectivity index (χ0n) is 21.1. The maximum atomic E-state index is 13.0. The van der Waals surface area contributed by atoms with Gasteiger partial charge in [0.05, 0.1) is 17.6 Å². The first-order valence-electron chi connectivity index (χ1n) is 12.0. The van der Waals surface area contributed by atoms with E-state index in [9.17, 15) is 18.4 Å². The number of benzene rings is 1. The van der Waals surface area contributed by atoms with E-state index in [0.717, 1.165) is 4.57 Å². The number of piperidine rings is 1. The number of amides is 1. The second-order valence-electron chi connectivity index (χ2n) is 7.99. The fraction of sp³-hybridized carbons (Fsp3) is 0.385. The van der Waals surface area contributed by atoms with Gasteiger partial charge in [-0.05, 0) is 75.2 Å². The number of carbonyl (C=O) groups excluding carboxylic acids is 1. The molecule has 3 heterocycles. The molecule has 8 nitrogen and oxygen atoms in total. The minimum absolute atomic E-state index is 0.148. The van der Waals surface area contributed by atoms with Crippen LogP contribution in [0.25, 0.3) is 5.69 Å². The number of pyridine rings is 1. The molecule has 0 aliphatic carbocycles. The van der Waals surface area contributed by atoms with Crippen molar-refractivity contribution in [2.75, 3.05) is 24.1 Å². The van der Waals surface area contributed by atoms with Gasteiger partial charge in [0.2, 0.25) is 0 Å². The van der Waals surface area contributed by atoms with Crippen LogP contribution in [0.2, 0.25) is 0 Å². The lowest BCUT2D eigenvalue weighted by molar-refractivity contribution is 0.102. The molecular formula is C26H34F2N6O2. The molecule has 1 saturated heterocycles. The van der Waals surface area contributed by atoms with Gasteiger partial charge >= 0.3 is 0 Å². The average molecular weight is 501 g/mol. The maximum Gasteiger partial charge on any atom is 0.272 e. The van der Waals surface area contributed by atoms with Crippen LogP contribution >= 0.6 is 0 Å². The van der Waals surface area contributed by atoms with Crippen molar-refractivity contribution >= 4 is 17.4 Å². The van der Waals surface area contributed by atoms with Crippen LogP contribution in [0.3, 0.4) is 0 Å². The van der Waals surface area contributed by atoms with Crippen molar-refractivity contribution in [2.45, 2.75) is 53.4 Å². The highest BCUT2D eigenvalue weighted by Crippen LogP contribution is 2.26. The number of carbonyl (C=O) groups is 1. The molecule has 0 atom stereocenters. The van der Waals surface area contributed by atoms with Crippen LogP contribution in [0.15, 0.2) is 47.8 Å². The maximum absolute atomic E-state index is 13.0. The third kappa shape index (κ3) is 7.42. The third-order valence-corrected chi connectivity index (χ3v) is 5.36. The summed E-state index contributed by atoms with van der Waals surface area (Å²) in [4.78, 5) is 33.4. The molecule has 10 heteroatoms. The van der Waals surface area contributed by atoms with Gasteiger partial charge < -0.3 is 16.4 Å². The molecule has 0 spiro atoms. The van der Waals surface area contributed by atoms with Crippen molar-refractivity contribution in [1.29, 1.82) is 0 Å². The van der Waals surface area contributed by atoms with Gasteiger partial charge in [0.25, 0.3) is 17.9 Å². The summed E-state index contributed by atoms with van der Waals surface area (Å²) >= 11 is 0. The van der Waals surface area contributed by atoms with E-state index in [-0.39, 0.29) is 16.9 Å². The van der Waals surface area contributed by atoms with Gasteiger partial charge in [-0.15, -0.1) is 0 Å². The number of anilines is 2. The molecule has 0 radical (unpaired) electrons. The van der Waals surface area contributed by atoms with Crippen LogP contribution in [0.4, 0.5) is 20.3 Å². The van der Waals surface area contributed by atoms with E-state index in [0.29, 0.717) is 22.5 Å². The number of rotatable bonds is 4. The lowest BCUT2D eigenvalue weighted by Crippen LogP contribution is -2.31. The molecule has 0 unspecified atom stereocenters. The number of aryl methyl sites for hydroxylation is 2. The standard InChI is InChI=1S/C19H17F2N5O2.C5H11N.C2H6/c1-10-6-12(16(20)21)7-11(2)15(10)26-9-24-17(22)14(19(26)28)18(27)25-13-4-3-5-23-8-13;1-2-4-6-5-3-1;1-2/h3-9,16H,22H2,1-2H3,(H,25,27);6H,1-5H2;1-2H3. The van der Waals surface area contributed by atoms with Crippen LogP contribution < -0.4 is 21.9 Å². The minimum Gasteiger partial charge on any atom is -0.383 e. The Kier molecular flexibility index (Phi) is 11.1. The zero-order chi connectivity index (χ0) is 26.7. The summed E-state index contributed by atoms with van der Waals surface area (Å²) in [6, 6.07) is 5.82. The van der Waals surface area contributed by atoms with E-state index in [2.05, 4.69) is 20.6 Å². The lowest BCUT2D eigenvalue weighted by Gasteiger charge is -2.16. The van der Waals surface area contributed by atoms with Crippen molar-refractivity contribution < 1.29 is 13.6 Å². The minimum atomic E-state index is -2.63. The first kappa shape index (κ1) is 28.6. The van der Waals surface area contributed by atoms with Crippen molar-refractivity contribution in [3.8, 4) is 5.69 Å². The van der Waals surface area contributed by atoms with E-state index in [4.69, 9.17) is 5.73 Å². The monoisotopic (exact) mass is 500 g/mol. The third-order valence-electron chi connectivity index (χ3n) is 5.36. The number of nitrogens with one attached hydrogen (secondary N) is 2. The van der Waals surface area contributed by atoms with E-state index in [1.807, 2.05) is 13.8 Å². The number of hydrogen-bond donors (Lipinski definition) is 3. The second kappa shape index (κ2) is 14.0. The summed E-state index contributed by atoms with van der Waals surface area (Å²) in [5.41, 5.74) is 6.22. The van der Waals surface area contributed by atoms with Crippen molar-refractivity contribution in [2.24, 2.45) is 0 Å². The lowest BCUT2D eigenvalue weighted by atomic mass is 10.0. The Morgan fingerprint density at radius 3 is 2.25 bits per heavy atom. The zero-order valence-corrected chi connectivity index (χ0v) is 21.1.